The Balaban J connectivity index is 1.82. The predicted molar refractivity (Wildman–Crippen MR) is 55.5 cm³/mol. The van der Waals surface area contributed by atoms with Gasteiger partial charge < -0.3 is 11.1 Å². The van der Waals surface area contributed by atoms with E-state index in [0.717, 1.165) is 24.4 Å². The summed E-state index contributed by atoms with van der Waals surface area (Å²) >= 11 is 0. The molecule has 0 radical (unpaired) electrons. The molecule has 2 aliphatic carbocycles. The van der Waals surface area contributed by atoms with Gasteiger partial charge in [-0.1, -0.05) is 13.8 Å². The normalized spacial score (nSPS) is 39.2. The van der Waals surface area contributed by atoms with Gasteiger partial charge in [0.1, 0.15) is 0 Å². The average Bonchev–Trinajstić information content (AvgIpc) is 2.78. The first kappa shape index (κ1) is 9.47. The maximum absolute atomic E-state index is 5.84. The average molecular weight is 182 g/mol. The molecule has 2 nitrogen and oxygen atoms in total. The molecule has 2 fully saturated rings. The van der Waals surface area contributed by atoms with Gasteiger partial charge in [0.2, 0.25) is 0 Å². The minimum atomic E-state index is 0.329. The highest BCUT2D eigenvalue weighted by Crippen LogP contribution is 2.43. The van der Waals surface area contributed by atoms with Crippen LogP contribution in [-0.2, 0) is 0 Å². The van der Waals surface area contributed by atoms with Crippen LogP contribution >= 0.6 is 0 Å². The van der Waals surface area contributed by atoms with E-state index in [1.165, 1.54) is 25.7 Å². The number of nitrogens with one attached hydrogen (secondary N) is 1. The zero-order chi connectivity index (χ0) is 9.47. The van der Waals surface area contributed by atoms with E-state index in [2.05, 4.69) is 19.2 Å². The van der Waals surface area contributed by atoms with Crippen LogP contribution in [0.2, 0.25) is 0 Å². The fourth-order valence-corrected chi connectivity index (χ4v) is 2.42. The lowest BCUT2D eigenvalue weighted by atomic mass is 9.64. The van der Waals surface area contributed by atoms with Crippen molar-refractivity contribution in [1.29, 1.82) is 0 Å². The van der Waals surface area contributed by atoms with Crippen molar-refractivity contribution in [1.82, 2.24) is 5.32 Å². The summed E-state index contributed by atoms with van der Waals surface area (Å²) in [5.41, 5.74) is 6.17. The molecule has 0 aromatic heterocycles. The SMILES string of the molecule is CC(C)C1CC(CN)(NC2CC2)C1. The second-order valence-electron chi connectivity index (χ2n) is 5.32. The summed E-state index contributed by atoms with van der Waals surface area (Å²) in [7, 11) is 0. The number of hydrogen-bond acceptors (Lipinski definition) is 2. The van der Waals surface area contributed by atoms with Gasteiger partial charge in [-0.2, -0.15) is 0 Å². The molecule has 0 amide bonds. The Morgan fingerprint density at radius 1 is 1.38 bits per heavy atom. The smallest absolute Gasteiger partial charge is 0.0311 e. The van der Waals surface area contributed by atoms with E-state index < -0.39 is 0 Å². The summed E-state index contributed by atoms with van der Waals surface area (Å²) in [6.45, 7) is 5.47. The third-order valence-corrected chi connectivity index (χ3v) is 3.73. The molecule has 0 unspecified atom stereocenters. The second-order valence-corrected chi connectivity index (χ2v) is 5.32. The first-order chi connectivity index (χ1) is 6.15. The minimum Gasteiger partial charge on any atom is -0.329 e. The van der Waals surface area contributed by atoms with Crippen LogP contribution in [0, 0.1) is 11.8 Å². The summed E-state index contributed by atoms with van der Waals surface area (Å²) in [4.78, 5) is 0. The van der Waals surface area contributed by atoms with Crippen LogP contribution in [0.15, 0.2) is 0 Å². The molecule has 76 valence electrons. The van der Waals surface area contributed by atoms with Crippen molar-refractivity contribution in [3.63, 3.8) is 0 Å². The number of hydrogen-bond donors (Lipinski definition) is 2. The molecule has 2 aliphatic rings. The van der Waals surface area contributed by atoms with Crippen molar-refractivity contribution in [3.05, 3.63) is 0 Å². The lowest BCUT2D eigenvalue weighted by Gasteiger charge is -2.50. The van der Waals surface area contributed by atoms with E-state index in [1.54, 1.807) is 0 Å². The van der Waals surface area contributed by atoms with E-state index in [9.17, 15) is 0 Å². The van der Waals surface area contributed by atoms with Crippen molar-refractivity contribution in [2.75, 3.05) is 6.54 Å². The monoisotopic (exact) mass is 182 g/mol. The van der Waals surface area contributed by atoms with Gasteiger partial charge in [0.15, 0.2) is 0 Å². The third kappa shape index (κ3) is 1.89. The first-order valence-corrected chi connectivity index (χ1v) is 5.63. The van der Waals surface area contributed by atoms with Crippen molar-refractivity contribution < 1.29 is 0 Å². The molecular formula is C11H22N2. The summed E-state index contributed by atoms with van der Waals surface area (Å²) in [6, 6.07) is 0.802. The topological polar surface area (TPSA) is 38.0 Å². The lowest BCUT2D eigenvalue weighted by Crippen LogP contribution is -2.61. The largest absolute Gasteiger partial charge is 0.329 e. The quantitative estimate of drug-likeness (QED) is 0.691. The number of nitrogens with two attached hydrogens (primary N) is 1. The molecule has 0 spiro atoms. The molecule has 0 aliphatic heterocycles. The Morgan fingerprint density at radius 2 is 2.00 bits per heavy atom. The standard InChI is InChI=1S/C11H22N2/c1-8(2)9-5-11(6-9,7-12)13-10-3-4-10/h8-10,13H,3-7,12H2,1-2H3. The molecule has 2 rings (SSSR count). The molecular weight excluding hydrogens is 160 g/mol. The van der Waals surface area contributed by atoms with Crippen molar-refractivity contribution in [2.24, 2.45) is 17.6 Å². The Kier molecular flexibility index (Phi) is 2.37. The lowest BCUT2D eigenvalue weighted by molar-refractivity contribution is 0.0752. The Bertz CT molecular complexity index is 179. The van der Waals surface area contributed by atoms with E-state index in [4.69, 9.17) is 5.73 Å². The maximum Gasteiger partial charge on any atom is 0.0311 e. The van der Waals surface area contributed by atoms with Crippen LogP contribution in [0.1, 0.15) is 39.5 Å². The van der Waals surface area contributed by atoms with E-state index in [1.807, 2.05) is 0 Å². The zero-order valence-electron chi connectivity index (χ0n) is 8.84. The predicted octanol–water partition coefficient (Wildman–Crippen LogP) is 1.50. The van der Waals surface area contributed by atoms with Crippen molar-refractivity contribution in [3.8, 4) is 0 Å². The molecule has 3 N–H and O–H groups in total. The van der Waals surface area contributed by atoms with Crippen LogP contribution in [-0.4, -0.2) is 18.1 Å². The van der Waals surface area contributed by atoms with Crippen molar-refractivity contribution >= 4 is 0 Å². The van der Waals surface area contributed by atoms with Crippen LogP contribution < -0.4 is 11.1 Å². The number of rotatable bonds is 4. The highest BCUT2D eigenvalue weighted by atomic mass is 15.1. The second kappa shape index (κ2) is 3.25. The summed E-state index contributed by atoms with van der Waals surface area (Å²) in [5.74, 6) is 1.75. The minimum absolute atomic E-state index is 0.329. The van der Waals surface area contributed by atoms with Gasteiger partial charge in [0.05, 0.1) is 0 Å². The molecule has 0 saturated heterocycles. The van der Waals surface area contributed by atoms with E-state index in [-0.39, 0.29) is 0 Å². The van der Waals surface area contributed by atoms with Gasteiger partial charge in [-0.05, 0) is 37.5 Å². The molecule has 0 bridgehead atoms. The van der Waals surface area contributed by atoms with Crippen LogP contribution in [0.5, 0.6) is 0 Å². The van der Waals surface area contributed by atoms with Gasteiger partial charge >= 0.3 is 0 Å². The van der Waals surface area contributed by atoms with Gasteiger partial charge in [-0.15, -0.1) is 0 Å². The van der Waals surface area contributed by atoms with Gasteiger partial charge in [-0.3, -0.25) is 0 Å². The Labute approximate surface area is 81.3 Å². The maximum atomic E-state index is 5.84. The van der Waals surface area contributed by atoms with Crippen molar-refractivity contribution in [2.45, 2.75) is 51.1 Å². The van der Waals surface area contributed by atoms with Gasteiger partial charge in [0.25, 0.3) is 0 Å². The van der Waals surface area contributed by atoms with Gasteiger partial charge in [0, 0.05) is 18.1 Å². The highest BCUT2D eigenvalue weighted by Gasteiger charge is 2.46. The van der Waals surface area contributed by atoms with E-state index >= 15 is 0 Å². The summed E-state index contributed by atoms with van der Waals surface area (Å²) < 4.78 is 0. The molecule has 0 heterocycles. The Morgan fingerprint density at radius 3 is 2.38 bits per heavy atom. The first-order valence-electron chi connectivity index (χ1n) is 5.63. The molecule has 0 atom stereocenters. The molecule has 2 heteroatoms. The van der Waals surface area contributed by atoms with Crippen LogP contribution in [0.25, 0.3) is 0 Å². The third-order valence-electron chi connectivity index (χ3n) is 3.73. The van der Waals surface area contributed by atoms with Crippen LogP contribution in [0.4, 0.5) is 0 Å². The fourth-order valence-electron chi connectivity index (χ4n) is 2.42. The van der Waals surface area contributed by atoms with Gasteiger partial charge in [-0.25, -0.2) is 0 Å². The molecule has 13 heavy (non-hydrogen) atoms. The highest BCUT2D eigenvalue weighted by molar-refractivity contribution is 5.05. The molecule has 0 aromatic carbocycles. The summed E-state index contributed by atoms with van der Waals surface area (Å²) in [5, 5.41) is 3.71. The van der Waals surface area contributed by atoms with Crippen LogP contribution in [0.3, 0.4) is 0 Å². The zero-order valence-corrected chi connectivity index (χ0v) is 8.84. The molecule has 0 aromatic rings. The van der Waals surface area contributed by atoms with E-state index in [0.29, 0.717) is 5.54 Å². The summed E-state index contributed by atoms with van der Waals surface area (Å²) in [6.07, 6.45) is 5.34. The molecule has 2 saturated carbocycles. The Hall–Kier alpha value is -0.0800. The fraction of sp³-hybridized carbons (Fsp3) is 1.00.